The molecule has 1 heterocycles. The number of carbonyl (C=O) groups excluding carboxylic acids is 2. The Labute approximate surface area is 495 Å². The first kappa shape index (κ1) is 75.6. The molecule has 0 aliphatic carbocycles. The first-order valence-electron chi connectivity index (χ1n) is 33.0. The fourth-order valence-electron chi connectivity index (χ4n) is 9.70. The smallest absolute Gasteiger partial charge is 0.306 e. The molecule has 1 aliphatic heterocycles. The van der Waals surface area contributed by atoms with Gasteiger partial charge in [0.1, 0.15) is 24.4 Å². The Morgan fingerprint density at radius 1 is 0.481 bits per heavy atom. The van der Waals surface area contributed by atoms with Crippen LogP contribution >= 0.6 is 0 Å². The summed E-state index contributed by atoms with van der Waals surface area (Å²) < 4.78 is 17.6. The summed E-state index contributed by atoms with van der Waals surface area (Å²) in [6.07, 6.45) is 65.7. The zero-order valence-electron chi connectivity index (χ0n) is 51.6. The quantitative estimate of drug-likeness (QED) is 0.0195. The van der Waals surface area contributed by atoms with Gasteiger partial charge in [0, 0.05) is 6.42 Å². The van der Waals surface area contributed by atoms with E-state index in [2.05, 4.69) is 111 Å². The van der Waals surface area contributed by atoms with Gasteiger partial charge in [0.05, 0.1) is 25.4 Å². The summed E-state index contributed by atoms with van der Waals surface area (Å²) in [5.41, 5.74) is 0. The molecule has 8 unspecified atom stereocenters. The number of hydrogen-bond acceptors (Lipinski definition) is 10. The molecule has 6 N–H and O–H groups in total. The highest BCUT2D eigenvalue weighted by atomic mass is 16.7. The number of allylic oxidation sites excluding steroid dienone is 15. The van der Waals surface area contributed by atoms with Crippen LogP contribution in [0, 0.1) is 0 Å². The molecule has 81 heavy (non-hydrogen) atoms. The molecular formula is C70H121NO10. The summed E-state index contributed by atoms with van der Waals surface area (Å²) in [6.45, 7) is 5.72. The molecule has 466 valence electrons. The van der Waals surface area contributed by atoms with Crippen molar-refractivity contribution in [2.24, 2.45) is 0 Å². The second-order valence-corrected chi connectivity index (χ2v) is 22.5. The van der Waals surface area contributed by atoms with Crippen LogP contribution in [0.15, 0.2) is 97.2 Å². The zero-order valence-corrected chi connectivity index (χ0v) is 51.6. The lowest BCUT2D eigenvalue weighted by atomic mass is 9.99. The van der Waals surface area contributed by atoms with E-state index in [1.165, 1.54) is 109 Å². The van der Waals surface area contributed by atoms with Gasteiger partial charge in [-0.2, -0.15) is 0 Å². The average molecular weight is 1140 g/mol. The van der Waals surface area contributed by atoms with Crippen LogP contribution in [0.25, 0.3) is 0 Å². The van der Waals surface area contributed by atoms with Crippen molar-refractivity contribution in [3.05, 3.63) is 97.2 Å². The summed E-state index contributed by atoms with van der Waals surface area (Å²) >= 11 is 0. The van der Waals surface area contributed by atoms with Crippen molar-refractivity contribution in [3.8, 4) is 0 Å². The second-order valence-electron chi connectivity index (χ2n) is 22.5. The Morgan fingerprint density at radius 2 is 0.852 bits per heavy atom. The van der Waals surface area contributed by atoms with Gasteiger partial charge in [0.25, 0.3) is 0 Å². The van der Waals surface area contributed by atoms with Gasteiger partial charge in [-0.3, -0.25) is 9.59 Å². The van der Waals surface area contributed by atoms with E-state index in [9.17, 15) is 35.1 Å². The molecule has 0 saturated carbocycles. The second kappa shape index (κ2) is 57.0. The molecule has 11 heteroatoms. The highest BCUT2D eigenvalue weighted by Gasteiger charge is 2.47. The molecule has 0 aromatic carbocycles. The fraction of sp³-hybridized carbons (Fsp3) is 0.743. The van der Waals surface area contributed by atoms with Crippen molar-refractivity contribution in [2.45, 2.75) is 320 Å². The van der Waals surface area contributed by atoms with Crippen molar-refractivity contribution in [2.75, 3.05) is 13.2 Å². The largest absolute Gasteiger partial charge is 0.454 e. The van der Waals surface area contributed by atoms with Gasteiger partial charge >= 0.3 is 5.97 Å². The molecule has 0 aromatic rings. The van der Waals surface area contributed by atoms with E-state index in [1.54, 1.807) is 6.08 Å². The van der Waals surface area contributed by atoms with Crippen LogP contribution in [0.3, 0.4) is 0 Å². The number of aliphatic hydroxyl groups is 5. The van der Waals surface area contributed by atoms with E-state index in [1.807, 2.05) is 6.08 Å². The van der Waals surface area contributed by atoms with E-state index < -0.39 is 67.4 Å². The molecule has 1 saturated heterocycles. The van der Waals surface area contributed by atoms with Crippen LogP contribution in [0.5, 0.6) is 0 Å². The van der Waals surface area contributed by atoms with Crippen LogP contribution in [-0.2, 0) is 23.8 Å². The Balaban J connectivity index is 2.69. The minimum atomic E-state index is -1.63. The molecule has 1 rings (SSSR count). The maximum atomic E-state index is 13.4. The lowest BCUT2D eigenvalue weighted by Crippen LogP contribution is -2.61. The van der Waals surface area contributed by atoms with Gasteiger partial charge in [-0.15, -0.1) is 0 Å². The summed E-state index contributed by atoms with van der Waals surface area (Å²) in [4.78, 5) is 26.6. The van der Waals surface area contributed by atoms with E-state index >= 15 is 0 Å². The van der Waals surface area contributed by atoms with Gasteiger partial charge in [-0.25, -0.2) is 0 Å². The number of nitrogens with one attached hydrogen (secondary N) is 1. The third-order valence-electron chi connectivity index (χ3n) is 15.0. The number of rotatable bonds is 55. The lowest BCUT2D eigenvalue weighted by molar-refractivity contribution is -0.305. The molecule has 1 amide bonds. The van der Waals surface area contributed by atoms with Crippen molar-refractivity contribution in [3.63, 3.8) is 0 Å². The highest BCUT2D eigenvalue weighted by Crippen LogP contribution is 2.26. The third kappa shape index (κ3) is 44.7. The number of hydrogen-bond donors (Lipinski definition) is 6. The predicted octanol–water partition coefficient (Wildman–Crippen LogP) is 16.3. The van der Waals surface area contributed by atoms with Crippen molar-refractivity contribution in [1.29, 1.82) is 0 Å². The van der Waals surface area contributed by atoms with Crippen LogP contribution in [-0.4, -0.2) is 99.6 Å². The van der Waals surface area contributed by atoms with Crippen molar-refractivity contribution >= 4 is 11.9 Å². The van der Waals surface area contributed by atoms with Gasteiger partial charge < -0.3 is 45.1 Å². The average Bonchev–Trinajstić information content (AvgIpc) is 3.53. The van der Waals surface area contributed by atoms with E-state index in [0.717, 1.165) is 116 Å². The molecule has 1 fully saturated rings. The van der Waals surface area contributed by atoms with Crippen LogP contribution in [0.2, 0.25) is 0 Å². The first-order valence-corrected chi connectivity index (χ1v) is 33.0. The van der Waals surface area contributed by atoms with Gasteiger partial charge in [-0.1, -0.05) is 253 Å². The topological polar surface area (TPSA) is 175 Å². The van der Waals surface area contributed by atoms with Gasteiger partial charge in [0.2, 0.25) is 5.91 Å². The van der Waals surface area contributed by atoms with Crippen LogP contribution < -0.4 is 5.32 Å². The lowest BCUT2D eigenvalue weighted by Gasteiger charge is -2.41. The number of aliphatic hydroxyl groups excluding tert-OH is 5. The Kier molecular flexibility index (Phi) is 53.2. The van der Waals surface area contributed by atoms with Crippen LogP contribution in [0.1, 0.15) is 271 Å². The van der Waals surface area contributed by atoms with Crippen molar-refractivity contribution < 1.29 is 49.3 Å². The zero-order chi connectivity index (χ0) is 58.9. The number of ether oxygens (including phenoxy) is 3. The highest BCUT2D eigenvalue weighted by molar-refractivity contribution is 5.80. The normalized spacial score (nSPS) is 19.3. The van der Waals surface area contributed by atoms with E-state index in [0.29, 0.717) is 12.8 Å². The summed E-state index contributed by atoms with van der Waals surface area (Å²) in [6, 6.07) is -1.04. The SMILES string of the molecule is CCCCC/C=C\C/C=C\C/C=C\C/C=C\CCCCCCCC(=O)OC1C(OCC(NC(=O)C(O)CCCCCCC/C=C\C/C=C\C/C=C\CCCCC)C(O)/C=C/CCCCCCCCCCCCC)OC(CO)C(O)C1O. The molecule has 0 spiro atoms. The molecule has 11 nitrogen and oxygen atoms in total. The summed E-state index contributed by atoms with van der Waals surface area (Å²) in [5, 5.41) is 57.1. The summed E-state index contributed by atoms with van der Waals surface area (Å²) in [5.74, 6) is -1.23. The monoisotopic (exact) mass is 1140 g/mol. The Morgan fingerprint density at radius 3 is 1.30 bits per heavy atom. The molecule has 0 bridgehead atoms. The molecule has 8 atom stereocenters. The number of esters is 1. The van der Waals surface area contributed by atoms with Crippen LogP contribution in [0.4, 0.5) is 0 Å². The van der Waals surface area contributed by atoms with Gasteiger partial charge in [-0.05, 0) is 109 Å². The minimum Gasteiger partial charge on any atom is -0.454 e. The number of unbranched alkanes of at least 4 members (excludes halogenated alkanes) is 27. The standard InChI is InChI=1S/C70H121NO10/c1-4-7-10-13-16-19-22-25-27-29-31-32-33-35-37-40-43-46-49-52-55-58-65(75)81-68-67(77)66(76)64(59-72)80-70(68)79-60-61(62(73)56-53-50-47-44-41-38-24-21-18-15-12-9-6-3)71-69(78)63(74)57-54-51-48-45-42-39-36-34-30-28-26-23-20-17-14-11-8-5-2/h16-17,19-20,25-28,31-32,34-37,53,56,61-64,66-68,70,72-74,76-77H,4-15,18,21-24,29-30,33,38-52,54-55,57-60H2,1-3H3,(H,71,78)/b19-16-,20-17-,27-25-,28-26-,32-31-,36-34-,37-35-,56-53+. The van der Waals surface area contributed by atoms with Crippen molar-refractivity contribution in [1.82, 2.24) is 5.32 Å². The third-order valence-corrected chi connectivity index (χ3v) is 15.0. The predicted molar refractivity (Wildman–Crippen MR) is 338 cm³/mol. The molecule has 0 aromatic heterocycles. The summed E-state index contributed by atoms with van der Waals surface area (Å²) in [7, 11) is 0. The van der Waals surface area contributed by atoms with E-state index in [-0.39, 0.29) is 19.4 Å². The molecule has 0 radical (unpaired) electrons. The Bertz CT molecular complexity index is 1690. The number of amides is 1. The van der Waals surface area contributed by atoms with Gasteiger partial charge in [0.15, 0.2) is 12.4 Å². The maximum Gasteiger partial charge on any atom is 0.306 e. The molecule has 1 aliphatic rings. The molecular weight excluding hydrogens is 1010 g/mol. The minimum absolute atomic E-state index is 0.0963. The van der Waals surface area contributed by atoms with E-state index in [4.69, 9.17) is 14.2 Å². The maximum absolute atomic E-state index is 13.4. The number of carbonyl (C=O) groups is 2. The first-order chi connectivity index (χ1) is 39.7. The fourth-order valence-corrected chi connectivity index (χ4v) is 9.70. The Hall–Kier alpha value is -3.42.